The summed E-state index contributed by atoms with van der Waals surface area (Å²) in [7, 11) is 0. The van der Waals surface area contributed by atoms with Crippen molar-refractivity contribution in [3.8, 4) is 44.5 Å². The highest BCUT2D eigenvalue weighted by molar-refractivity contribution is 14.1. The van der Waals surface area contributed by atoms with Gasteiger partial charge in [-0.3, -0.25) is 0 Å². The minimum Gasteiger partial charge on any atom is -0.0609 e. The van der Waals surface area contributed by atoms with Crippen molar-refractivity contribution >= 4 is 67.8 Å². The van der Waals surface area contributed by atoms with Crippen molar-refractivity contribution in [1.82, 2.24) is 0 Å². The van der Waals surface area contributed by atoms with Crippen molar-refractivity contribution in [2.24, 2.45) is 0 Å². The highest BCUT2D eigenvalue weighted by Gasteiger charge is 2.09. The van der Waals surface area contributed by atoms with Gasteiger partial charge >= 0.3 is 0 Å². The third-order valence-electron chi connectivity index (χ3n) is 7.51. The molecule has 0 aliphatic rings. The van der Waals surface area contributed by atoms with Crippen LogP contribution in [0.1, 0.15) is 16.7 Å². The number of rotatable bonds is 6. The molecule has 6 aromatic rings. The fourth-order valence-electron chi connectivity index (χ4n) is 5.30. The molecule has 0 heterocycles. The van der Waals surface area contributed by atoms with Crippen LogP contribution in [0.4, 0.5) is 0 Å². The van der Waals surface area contributed by atoms with E-state index in [1.165, 1.54) is 71.9 Å². The summed E-state index contributed by atoms with van der Waals surface area (Å²) >= 11 is 7.28. The molecule has 0 fully saturated rings. The topological polar surface area (TPSA) is 0 Å². The molecule has 0 unspecified atom stereocenters. The molecule has 3 heteroatoms. The lowest BCUT2D eigenvalue weighted by Crippen LogP contribution is -1.90. The van der Waals surface area contributed by atoms with Gasteiger partial charge in [-0.2, -0.15) is 0 Å². The quantitative estimate of drug-likeness (QED) is 0.146. The van der Waals surface area contributed by atoms with E-state index in [9.17, 15) is 0 Å². The van der Waals surface area contributed by atoms with E-state index in [1.54, 1.807) is 0 Å². The molecule has 0 spiro atoms. The van der Waals surface area contributed by atoms with E-state index in [1.807, 2.05) is 0 Å². The number of hydrogen-bond acceptors (Lipinski definition) is 0. The van der Waals surface area contributed by atoms with Crippen LogP contribution in [-0.4, -0.2) is 0 Å². The van der Waals surface area contributed by atoms with E-state index in [-0.39, 0.29) is 0 Å². The summed E-state index contributed by atoms with van der Waals surface area (Å²) in [5.74, 6) is 0. The Bertz CT molecular complexity index is 1620. The third-order valence-corrected chi connectivity index (χ3v) is 10.2. The molecular formula is C38H27I3. The minimum atomic E-state index is 0.926. The van der Waals surface area contributed by atoms with Gasteiger partial charge in [0.15, 0.2) is 0 Å². The van der Waals surface area contributed by atoms with Crippen LogP contribution in [0, 0.1) is 17.6 Å². The van der Waals surface area contributed by atoms with Gasteiger partial charge in [-0.15, -0.1) is 0 Å². The molecule has 0 amide bonds. The van der Waals surface area contributed by atoms with Gasteiger partial charge in [-0.05, 0) is 155 Å². The summed E-state index contributed by atoms with van der Waals surface area (Å²) in [6.45, 7) is 2.18. The van der Waals surface area contributed by atoms with Crippen molar-refractivity contribution in [2.45, 2.75) is 13.3 Å². The number of aryl methyl sites for hydroxylation is 1. The zero-order valence-corrected chi connectivity index (χ0v) is 29.0. The Labute approximate surface area is 283 Å². The third kappa shape index (κ3) is 6.47. The van der Waals surface area contributed by atoms with Gasteiger partial charge in [0.1, 0.15) is 0 Å². The first-order valence-corrected chi connectivity index (χ1v) is 16.8. The summed E-state index contributed by atoms with van der Waals surface area (Å²) in [5.41, 5.74) is 14.1. The molecule has 0 aromatic heterocycles. The van der Waals surface area contributed by atoms with Gasteiger partial charge < -0.3 is 0 Å². The monoisotopic (exact) mass is 864 g/mol. The van der Waals surface area contributed by atoms with E-state index < -0.39 is 0 Å². The first-order chi connectivity index (χ1) is 20.0. The molecule has 0 aliphatic heterocycles. The van der Waals surface area contributed by atoms with Crippen LogP contribution in [0.5, 0.6) is 0 Å². The number of halogens is 3. The second kappa shape index (κ2) is 12.8. The predicted molar refractivity (Wildman–Crippen MR) is 200 cm³/mol. The Kier molecular flexibility index (Phi) is 8.93. The number of hydrogen-bond donors (Lipinski definition) is 0. The molecule has 0 atom stereocenters. The van der Waals surface area contributed by atoms with Crippen LogP contribution in [-0.2, 0) is 6.42 Å². The fraction of sp³-hybridized carbons (Fsp3) is 0.0526. The zero-order valence-electron chi connectivity index (χ0n) is 22.5. The van der Waals surface area contributed by atoms with Gasteiger partial charge in [0.25, 0.3) is 0 Å². The molecule has 6 aromatic carbocycles. The van der Waals surface area contributed by atoms with Crippen LogP contribution in [0.3, 0.4) is 0 Å². The van der Waals surface area contributed by atoms with Crippen LogP contribution < -0.4 is 0 Å². The predicted octanol–water partition coefficient (Wildman–Crippen LogP) is 12.1. The maximum Gasteiger partial charge on any atom is 0.0219 e. The Morgan fingerprint density at radius 3 is 1.10 bits per heavy atom. The van der Waals surface area contributed by atoms with Crippen molar-refractivity contribution in [2.75, 3.05) is 0 Å². The normalized spacial score (nSPS) is 11.0. The fourth-order valence-corrected chi connectivity index (χ4v) is 8.38. The summed E-state index contributed by atoms with van der Waals surface area (Å²) in [6.07, 6.45) is 0.926. The molecule has 0 saturated heterocycles. The zero-order chi connectivity index (χ0) is 28.3. The van der Waals surface area contributed by atoms with E-state index in [0.717, 1.165) is 6.42 Å². The smallest absolute Gasteiger partial charge is 0.0219 e. The largest absolute Gasteiger partial charge is 0.0609 e. The number of benzene rings is 6. The van der Waals surface area contributed by atoms with Gasteiger partial charge in [-0.1, -0.05) is 115 Å². The molecule has 0 nitrogen and oxygen atoms in total. The lowest BCUT2D eigenvalue weighted by atomic mass is 9.96. The van der Waals surface area contributed by atoms with Crippen molar-refractivity contribution in [3.63, 3.8) is 0 Å². The molecular weight excluding hydrogens is 837 g/mol. The lowest BCUT2D eigenvalue weighted by molar-refractivity contribution is 1.19. The first kappa shape index (κ1) is 28.6. The summed E-state index contributed by atoms with van der Waals surface area (Å²) < 4.78 is 3.86. The second-order valence-corrected chi connectivity index (χ2v) is 13.7. The Balaban J connectivity index is 1.13. The molecule has 0 bridgehead atoms. The molecule has 0 aliphatic carbocycles. The molecule has 0 N–H and O–H groups in total. The van der Waals surface area contributed by atoms with E-state index in [0.29, 0.717) is 0 Å². The summed E-state index contributed by atoms with van der Waals surface area (Å²) in [4.78, 5) is 0. The van der Waals surface area contributed by atoms with E-state index in [2.05, 4.69) is 208 Å². The van der Waals surface area contributed by atoms with E-state index >= 15 is 0 Å². The average Bonchev–Trinajstić information content (AvgIpc) is 2.99. The minimum absolute atomic E-state index is 0.926. The maximum absolute atomic E-state index is 2.43. The van der Waals surface area contributed by atoms with Crippen molar-refractivity contribution in [1.29, 1.82) is 0 Å². The van der Waals surface area contributed by atoms with Gasteiger partial charge in [0, 0.05) is 16.3 Å². The van der Waals surface area contributed by atoms with Crippen LogP contribution in [0.15, 0.2) is 133 Å². The first-order valence-electron chi connectivity index (χ1n) is 13.5. The van der Waals surface area contributed by atoms with Gasteiger partial charge in [-0.25, -0.2) is 0 Å². The molecule has 200 valence electrons. The maximum atomic E-state index is 2.43. The summed E-state index contributed by atoms with van der Waals surface area (Å²) in [6, 6.07) is 48.8. The standard InChI is InChI=1S/C38H27I3/c1-25-4-2-5-34(39)37(25)32-20-16-30(17-21-32)28-12-8-26(9-13-28)24-27-10-14-29(15-11-27)31-18-22-33(23-19-31)38-35(40)6-3-7-36(38)41/h2-23H,24H2,1H3. The molecule has 0 radical (unpaired) electrons. The summed E-state index contributed by atoms with van der Waals surface area (Å²) in [5, 5.41) is 0. The SMILES string of the molecule is Cc1cccc(I)c1-c1ccc(-c2ccc(Cc3ccc(-c4ccc(-c5c(I)cccc5I)cc4)cc3)cc2)cc1. The second-order valence-electron chi connectivity index (χ2n) is 10.3. The van der Waals surface area contributed by atoms with Crippen LogP contribution in [0.25, 0.3) is 44.5 Å². The highest BCUT2D eigenvalue weighted by atomic mass is 127. The van der Waals surface area contributed by atoms with E-state index in [4.69, 9.17) is 0 Å². The average molecular weight is 864 g/mol. The Morgan fingerprint density at radius 1 is 0.366 bits per heavy atom. The Hall–Kier alpha value is -2.49. The lowest BCUT2D eigenvalue weighted by Gasteiger charge is -2.11. The van der Waals surface area contributed by atoms with Gasteiger partial charge in [0.05, 0.1) is 0 Å². The van der Waals surface area contributed by atoms with Gasteiger partial charge in [0.2, 0.25) is 0 Å². The molecule has 0 saturated carbocycles. The van der Waals surface area contributed by atoms with Crippen molar-refractivity contribution in [3.05, 3.63) is 161 Å². The highest BCUT2D eigenvalue weighted by Crippen LogP contribution is 2.33. The molecule has 41 heavy (non-hydrogen) atoms. The van der Waals surface area contributed by atoms with Crippen molar-refractivity contribution < 1.29 is 0 Å². The Morgan fingerprint density at radius 2 is 0.683 bits per heavy atom. The van der Waals surface area contributed by atoms with Crippen LogP contribution in [0.2, 0.25) is 0 Å². The molecule has 6 rings (SSSR count). The van der Waals surface area contributed by atoms with Crippen LogP contribution >= 0.6 is 67.8 Å².